The van der Waals surface area contributed by atoms with Crippen molar-refractivity contribution in [3.8, 4) is 0 Å². The lowest BCUT2D eigenvalue weighted by Gasteiger charge is -2.59. The smallest absolute Gasteiger partial charge is 0.324 e. The average Bonchev–Trinajstić information content (AvgIpc) is 3.38. The fourth-order valence-electron chi connectivity index (χ4n) is 5.82. The first-order chi connectivity index (χ1) is 15.9. The third kappa shape index (κ3) is 4.27. The van der Waals surface area contributed by atoms with Gasteiger partial charge in [-0.2, -0.15) is 18.3 Å². The number of aromatic nitrogens is 3. The van der Waals surface area contributed by atoms with Gasteiger partial charge in [0.15, 0.2) is 9.84 Å². The summed E-state index contributed by atoms with van der Waals surface area (Å²) in [5.41, 5.74) is -0.553. The van der Waals surface area contributed by atoms with Crippen molar-refractivity contribution in [3.63, 3.8) is 0 Å². The molecular formula is C22H26F3N5O3S. The van der Waals surface area contributed by atoms with Crippen molar-refractivity contribution in [1.29, 1.82) is 0 Å². The number of H-pyrrole nitrogens is 1. The van der Waals surface area contributed by atoms with Gasteiger partial charge in [0.1, 0.15) is 12.2 Å². The van der Waals surface area contributed by atoms with Gasteiger partial charge >= 0.3 is 12.2 Å². The molecule has 8 nitrogen and oxygen atoms in total. The molecule has 2 aromatic rings. The molecule has 0 unspecified atom stereocenters. The molecule has 2 saturated heterocycles. The van der Waals surface area contributed by atoms with Crippen LogP contribution in [0, 0.1) is 11.3 Å². The fraction of sp³-hybridized carbons (Fsp3) is 0.591. The minimum absolute atomic E-state index is 0.0299. The molecule has 3 aliphatic rings. The molecule has 184 valence electrons. The second kappa shape index (κ2) is 7.96. The quantitative estimate of drug-likeness (QED) is 0.700. The molecular weight excluding hydrogens is 471 g/mol. The van der Waals surface area contributed by atoms with Crippen molar-refractivity contribution >= 4 is 15.9 Å². The number of rotatable bonds is 4. The minimum Gasteiger partial charge on any atom is -0.324 e. The van der Waals surface area contributed by atoms with E-state index in [4.69, 9.17) is 0 Å². The van der Waals surface area contributed by atoms with Gasteiger partial charge in [-0.3, -0.25) is 5.10 Å². The number of amides is 2. The van der Waals surface area contributed by atoms with E-state index in [1.807, 2.05) is 9.80 Å². The maximum atomic E-state index is 13.4. The van der Waals surface area contributed by atoms with Crippen LogP contribution in [0.2, 0.25) is 0 Å². The third-order valence-corrected chi connectivity index (χ3v) is 8.47. The summed E-state index contributed by atoms with van der Waals surface area (Å²) in [5, 5.41) is 6.74. The molecule has 1 aromatic heterocycles. The van der Waals surface area contributed by atoms with E-state index >= 15 is 0 Å². The number of nitrogens with one attached hydrogen (secondary N) is 1. The van der Waals surface area contributed by atoms with Crippen molar-refractivity contribution < 1.29 is 26.4 Å². The van der Waals surface area contributed by atoms with E-state index in [-0.39, 0.29) is 23.3 Å². The lowest BCUT2D eigenvalue weighted by Crippen LogP contribution is -2.65. The van der Waals surface area contributed by atoms with Crippen molar-refractivity contribution in [2.24, 2.45) is 11.3 Å². The lowest BCUT2D eigenvalue weighted by atomic mass is 9.56. The molecule has 1 aromatic carbocycles. The van der Waals surface area contributed by atoms with E-state index in [1.54, 1.807) is 0 Å². The standard InChI is InChI=1S/C22H26F3N5O3S/c1-34(32,33)18-3-2-14(7-17(18)22(23,24)25)6-15-8-21(9-15)11-30(12-21)20(31)29-5-4-16(10-29)19-26-13-27-28-19/h2-3,7,13,15-16H,4-6,8-12H2,1H3,(H,26,27,28)/t16-/m0/s1. The van der Waals surface area contributed by atoms with Crippen LogP contribution in [0.15, 0.2) is 29.4 Å². The van der Waals surface area contributed by atoms with E-state index in [9.17, 15) is 26.4 Å². The van der Waals surface area contributed by atoms with Crippen LogP contribution < -0.4 is 0 Å². The summed E-state index contributed by atoms with van der Waals surface area (Å²) in [6.07, 6.45) is 0.544. The number of halogens is 3. The van der Waals surface area contributed by atoms with Gasteiger partial charge in [0.05, 0.1) is 10.5 Å². The largest absolute Gasteiger partial charge is 0.417 e. The Kier molecular flexibility index (Phi) is 5.41. The highest BCUT2D eigenvalue weighted by molar-refractivity contribution is 7.90. The van der Waals surface area contributed by atoms with E-state index in [0.29, 0.717) is 38.2 Å². The summed E-state index contributed by atoms with van der Waals surface area (Å²) in [7, 11) is -3.97. The zero-order chi connectivity index (χ0) is 24.3. The van der Waals surface area contributed by atoms with Crippen LogP contribution in [0.3, 0.4) is 0 Å². The Hall–Kier alpha value is -2.63. The van der Waals surface area contributed by atoms with E-state index in [1.165, 1.54) is 12.4 Å². The monoisotopic (exact) mass is 497 g/mol. The molecule has 0 radical (unpaired) electrons. The maximum absolute atomic E-state index is 13.4. The van der Waals surface area contributed by atoms with Crippen molar-refractivity contribution in [3.05, 3.63) is 41.5 Å². The van der Waals surface area contributed by atoms with Crippen LogP contribution in [-0.4, -0.2) is 71.9 Å². The van der Waals surface area contributed by atoms with Crippen molar-refractivity contribution in [2.75, 3.05) is 32.4 Å². The predicted octanol–water partition coefficient (Wildman–Crippen LogP) is 3.09. The first-order valence-corrected chi connectivity index (χ1v) is 13.1. The number of aromatic amines is 1. The number of hydrogen-bond donors (Lipinski definition) is 1. The summed E-state index contributed by atoms with van der Waals surface area (Å²) < 4.78 is 63.7. The topological polar surface area (TPSA) is 99.3 Å². The number of urea groups is 1. The summed E-state index contributed by atoms with van der Waals surface area (Å²) in [6, 6.07) is 3.54. The molecule has 5 rings (SSSR count). The third-order valence-electron chi connectivity index (χ3n) is 7.32. The minimum atomic E-state index is -4.73. The first kappa shape index (κ1) is 23.1. The van der Waals surface area contributed by atoms with Gasteiger partial charge in [0, 0.05) is 43.8 Å². The second-order valence-electron chi connectivity index (χ2n) is 10.0. The highest BCUT2D eigenvalue weighted by Crippen LogP contribution is 2.53. The van der Waals surface area contributed by atoms with Crippen LogP contribution in [-0.2, 0) is 22.4 Å². The van der Waals surface area contributed by atoms with Crippen LogP contribution >= 0.6 is 0 Å². The Morgan fingerprint density at radius 1 is 1.24 bits per heavy atom. The maximum Gasteiger partial charge on any atom is 0.417 e. The number of likely N-dealkylation sites (tertiary alicyclic amines) is 2. The van der Waals surface area contributed by atoms with Gasteiger partial charge in [-0.1, -0.05) is 6.07 Å². The molecule has 1 spiro atoms. The molecule has 3 fully saturated rings. The average molecular weight is 498 g/mol. The van der Waals surface area contributed by atoms with Crippen LogP contribution in [0.5, 0.6) is 0 Å². The molecule has 34 heavy (non-hydrogen) atoms. The highest BCUT2D eigenvalue weighted by atomic mass is 32.2. The number of hydrogen-bond acceptors (Lipinski definition) is 5. The number of benzene rings is 1. The Bertz CT molecular complexity index is 1180. The molecule has 1 atom stereocenters. The first-order valence-electron chi connectivity index (χ1n) is 11.2. The molecule has 0 bridgehead atoms. The normalized spacial score (nSPS) is 22.6. The molecule has 1 aliphatic carbocycles. The molecule has 12 heteroatoms. The fourth-order valence-corrected chi connectivity index (χ4v) is 6.71. The van der Waals surface area contributed by atoms with Gasteiger partial charge in [-0.15, -0.1) is 0 Å². The van der Waals surface area contributed by atoms with Gasteiger partial charge in [-0.25, -0.2) is 18.2 Å². The molecule has 3 heterocycles. The summed E-state index contributed by atoms with van der Waals surface area (Å²) in [6.45, 7) is 2.64. The van der Waals surface area contributed by atoms with Crippen LogP contribution in [0.4, 0.5) is 18.0 Å². The number of alkyl halides is 3. The molecule has 2 amide bonds. The van der Waals surface area contributed by atoms with Crippen LogP contribution in [0.1, 0.15) is 42.1 Å². The summed E-state index contributed by atoms with van der Waals surface area (Å²) >= 11 is 0. The van der Waals surface area contributed by atoms with Crippen LogP contribution in [0.25, 0.3) is 0 Å². The lowest BCUT2D eigenvalue weighted by molar-refractivity contribution is -0.140. The number of carbonyl (C=O) groups is 1. The number of nitrogens with zero attached hydrogens (tertiary/aromatic N) is 4. The predicted molar refractivity (Wildman–Crippen MR) is 116 cm³/mol. The van der Waals surface area contributed by atoms with Gasteiger partial charge in [0.25, 0.3) is 0 Å². The number of carbonyl (C=O) groups excluding carboxylic acids is 1. The second-order valence-corrected chi connectivity index (χ2v) is 12.0. The Morgan fingerprint density at radius 3 is 2.59 bits per heavy atom. The van der Waals surface area contributed by atoms with Crippen molar-refractivity contribution in [2.45, 2.75) is 42.7 Å². The van der Waals surface area contributed by atoms with Gasteiger partial charge in [-0.05, 0) is 49.3 Å². The number of sulfone groups is 1. The Morgan fingerprint density at radius 2 is 1.97 bits per heavy atom. The van der Waals surface area contributed by atoms with Gasteiger partial charge in [0.2, 0.25) is 0 Å². The zero-order valence-electron chi connectivity index (χ0n) is 18.7. The zero-order valence-corrected chi connectivity index (χ0v) is 19.5. The van der Waals surface area contributed by atoms with Crippen molar-refractivity contribution in [1.82, 2.24) is 25.0 Å². The summed E-state index contributed by atoms with van der Waals surface area (Å²) in [4.78, 5) is 20.0. The highest BCUT2D eigenvalue weighted by Gasteiger charge is 2.54. The van der Waals surface area contributed by atoms with Gasteiger partial charge < -0.3 is 9.80 Å². The Balaban J connectivity index is 1.14. The van der Waals surface area contributed by atoms with E-state index in [2.05, 4.69) is 15.2 Å². The van der Waals surface area contributed by atoms with E-state index < -0.39 is 26.5 Å². The SMILES string of the molecule is CS(=O)(=O)c1ccc(CC2CC3(C2)CN(C(=O)N2CC[C@H](c4ncn[nH]4)C2)C3)cc1C(F)(F)F. The molecule has 1 N–H and O–H groups in total. The van der Waals surface area contributed by atoms with E-state index in [0.717, 1.165) is 43.5 Å². The summed E-state index contributed by atoms with van der Waals surface area (Å²) in [5.74, 6) is 1.20. The Labute approximate surface area is 195 Å². The molecule has 2 aliphatic heterocycles. The molecule has 1 saturated carbocycles.